The first kappa shape index (κ1) is 11.5. The van der Waals surface area contributed by atoms with Crippen molar-refractivity contribution in [3.8, 4) is 0 Å². The van der Waals surface area contributed by atoms with Gasteiger partial charge in [0, 0.05) is 13.1 Å². The Bertz CT molecular complexity index is 416. The zero-order chi connectivity index (χ0) is 12.2. The molecule has 0 amide bonds. The fourth-order valence-corrected chi connectivity index (χ4v) is 2.78. The molecule has 0 spiro atoms. The van der Waals surface area contributed by atoms with Gasteiger partial charge in [-0.3, -0.25) is 0 Å². The summed E-state index contributed by atoms with van der Waals surface area (Å²) in [7, 11) is 0. The fourth-order valence-electron chi connectivity index (χ4n) is 2.78. The minimum Gasteiger partial charge on any atom is -0.459 e. The highest BCUT2D eigenvalue weighted by Crippen LogP contribution is 2.25. The van der Waals surface area contributed by atoms with Crippen molar-refractivity contribution in [1.82, 2.24) is 4.90 Å². The molecule has 1 atom stereocenters. The molecule has 3 rings (SSSR count). The second-order valence-electron chi connectivity index (χ2n) is 5.03. The maximum Gasteiger partial charge on any atom is 0.232 e. The van der Waals surface area contributed by atoms with E-state index >= 15 is 0 Å². The SMILES string of the molecule is C1=C(N2CCCC(Cc3ccccc3)C2)OCO1. The predicted molar refractivity (Wildman–Crippen MR) is 69.6 cm³/mol. The van der Waals surface area contributed by atoms with Gasteiger partial charge in [-0.15, -0.1) is 0 Å². The third-order valence-electron chi connectivity index (χ3n) is 3.66. The van der Waals surface area contributed by atoms with E-state index in [0.29, 0.717) is 12.7 Å². The van der Waals surface area contributed by atoms with Crippen LogP contribution in [0.25, 0.3) is 0 Å². The zero-order valence-electron chi connectivity index (χ0n) is 10.5. The highest BCUT2D eigenvalue weighted by molar-refractivity contribution is 5.15. The van der Waals surface area contributed by atoms with Gasteiger partial charge >= 0.3 is 0 Å². The maximum absolute atomic E-state index is 5.46. The largest absolute Gasteiger partial charge is 0.459 e. The lowest BCUT2D eigenvalue weighted by atomic mass is 9.91. The van der Waals surface area contributed by atoms with Crippen LogP contribution in [0.5, 0.6) is 0 Å². The summed E-state index contributed by atoms with van der Waals surface area (Å²) in [5.74, 6) is 1.62. The van der Waals surface area contributed by atoms with Gasteiger partial charge in [0.25, 0.3) is 0 Å². The van der Waals surface area contributed by atoms with E-state index in [4.69, 9.17) is 9.47 Å². The summed E-state index contributed by atoms with van der Waals surface area (Å²) in [5.41, 5.74) is 1.43. The van der Waals surface area contributed by atoms with Crippen molar-refractivity contribution in [2.75, 3.05) is 19.9 Å². The lowest BCUT2D eigenvalue weighted by Gasteiger charge is -2.33. The van der Waals surface area contributed by atoms with Gasteiger partial charge < -0.3 is 14.4 Å². The molecule has 0 bridgehead atoms. The van der Waals surface area contributed by atoms with Gasteiger partial charge in [0.15, 0.2) is 0 Å². The van der Waals surface area contributed by atoms with Crippen LogP contribution in [0.4, 0.5) is 0 Å². The second kappa shape index (κ2) is 5.34. The summed E-state index contributed by atoms with van der Waals surface area (Å²) >= 11 is 0. The lowest BCUT2D eigenvalue weighted by Crippen LogP contribution is -2.35. The molecule has 1 aromatic carbocycles. The Kier molecular flexibility index (Phi) is 3.40. The summed E-state index contributed by atoms with van der Waals surface area (Å²) in [6.45, 7) is 2.53. The lowest BCUT2D eigenvalue weighted by molar-refractivity contribution is 0.0378. The Morgan fingerprint density at radius 2 is 2.11 bits per heavy atom. The van der Waals surface area contributed by atoms with E-state index in [0.717, 1.165) is 25.4 Å². The molecule has 2 aliphatic rings. The highest BCUT2D eigenvalue weighted by Gasteiger charge is 2.24. The van der Waals surface area contributed by atoms with Gasteiger partial charge in [0.05, 0.1) is 0 Å². The third kappa shape index (κ3) is 2.61. The van der Waals surface area contributed by atoms with Gasteiger partial charge in [0.1, 0.15) is 6.26 Å². The van der Waals surface area contributed by atoms with Crippen LogP contribution in [-0.2, 0) is 15.9 Å². The van der Waals surface area contributed by atoms with Crippen LogP contribution >= 0.6 is 0 Å². The molecule has 18 heavy (non-hydrogen) atoms. The van der Waals surface area contributed by atoms with E-state index in [1.165, 1.54) is 18.4 Å². The quantitative estimate of drug-likeness (QED) is 0.817. The van der Waals surface area contributed by atoms with E-state index in [1.807, 2.05) is 0 Å². The molecule has 2 aliphatic heterocycles. The van der Waals surface area contributed by atoms with Gasteiger partial charge in [-0.2, -0.15) is 0 Å². The van der Waals surface area contributed by atoms with Crippen LogP contribution in [0.2, 0.25) is 0 Å². The molecule has 96 valence electrons. The first-order chi connectivity index (χ1) is 8.92. The molecule has 1 aromatic rings. The molecule has 0 aromatic heterocycles. The number of nitrogens with zero attached hydrogens (tertiary/aromatic N) is 1. The number of hydrogen-bond acceptors (Lipinski definition) is 3. The van der Waals surface area contributed by atoms with Crippen LogP contribution < -0.4 is 0 Å². The number of rotatable bonds is 3. The first-order valence-corrected chi connectivity index (χ1v) is 6.65. The van der Waals surface area contributed by atoms with Crippen molar-refractivity contribution < 1.29 is 9.47 Å². The van der Waals surface area contributed by atoms with Crippen molar-refractivity contribution in [1.29, 1.82) is 0 Å². The first-order valence-electron chi connectivity index (χ1n) is 6.65. The van der Waals surface area contributed by atoms with Gasteiger partial charge in [-0.1, -0.05) is 30.3 Å². The van der Waals surface area contributed by atoms with Crippen LogP contribution in [0.3, 0.4) is 0 Å². The molecular weight excluding hydrogens is 226 g/mol. The Balaban J connectivity index is 1.60. The van der Waals surface area contributed by atoms with Crippen LogP contribution in [0.1, 0.15) is 18.4 Å². The number of hydrogen-bond donors (Lipinski definition) is 0. The summed E-state index contributed by atoms with van der Waals surface area (Å²) < 4.78 is 10.6. The average Bonchev–Trinajstić information content (AvgIpc) is 2.94. The topological polar surface area (TPSA) is 21.7 Å². The standard InChI is InChI=1S/C15H19NO2/c1-2-5-13(6-3-1)9-14-7-4-8-16(10-14)15-11-17-12-18-15/h1-3,5-6,11,14H,4,7-10,12H2. The predicted octanol–water partition coefficient (Wildman–Crippen LogP) is 2.74. The van der Waals surface area contributed by atoms with Crippen molar-refractivity contribution in [2.24, 2.45) is 5.92 Å². The molecule has 0 radical (unpaired) electrons. The average molecular weight is 245 g/mol. The smallest absolute Gasteiger partial charge is 0.232 e. The summed E-state index contributed by atoms with van der Waals surface area (Å²) in [6.07, 6.45) is 5.44. The van der Waals surface area contributed by atoms with Crippen molar-refractivity contribution >= 4 is 0 Å². The van der Waals surface area contributed by atoms with E-state index in [9.17, 15) is 0 Å². The Morgan fingerprint density at radius 3 is 2.89 bits per heavy atom. The molecule has 0 saturated carbocycles. The van der Waals surface area contributed by atoms with E-state index in [-0.39, 0.29) is 0 Å². The van der Waals surface area contributed by atoms with Crippen molar-refractivity contribution in [3.63, 3.8) is 0 Å². The molecule has 0 N–H and O–H groups in total. The second-order valence-corrected chi connectivity index (χ2v) is 5.03. The highest BCUT2D eigenvalue weighted by atomic mass is 16.7. The van der Waals surface area contributed by atoms with Crippen molar-refractivity contribution in [3.05, 3.63) is 48.0 Å². The molecule has 1 fully saturated rings. The maximum atomic E-state index is 5.46. The summed E-state index contributed by atoms with van der Waals surface area (Å²) in [4.78, 5) is 2.31. The van der Waals surface area contributed by atoms with Crippen LogP contribution in [0.15, 0.2) is 42.5 Å². The number of piperidine rings is 1. The Labute approximate surface area is 108 Å². The monoisotopic (exact) mass is 245 g/mol. The zero-order valence-corrected chi connectivity index (χ0v) is 10.5. The molecule has 1 unspecified atom stereocenters. The van der Waals surface area contributed by atoms with Crippen LogP contribution in [0, 0.1) is 5.92 Å². The number of likely N-dealkylation sites (tertiary alicyclic amines) is 1. The van der Waals surface area contributed by atoms with E-state index in [1.54, 1.807) is 6.26 Å². The molecule has 3 heteroatoms. The van der Waals surface area contributed by atoms with Gasteiger partial charge in [0.2, 0.25) is 12.7 Å². The summed E-state index contributed by atoms with van der Waals surface area (Å²) in [5, 5.41) is 0. The van der Waals surface area contributed by atoms with E-state index < -0.39 is 0 Å². The normalized spacial score (nSPS) is 23.2. The molecule has 1 saturated heterocycles. The Hall–Kier alpha value is -1.64. The fraction of sp³-hybridized carbons (Fsp3) is 0.467. The number of ether oxygens (including phenoxy) is 2. The minimum absolute atomic E-state index is 0.370. The minimum atomic E-state index is 0.370. The molecule has 0 aliphatic carbocycles. The third-order valence-corrected chi connectivity index (χ3v) is 3.66. The van der Waals surface area contributed by atoms with Crippen molar-refractivity contribution in [2.45, 2.75) is 19.3 Å². The number of benzene rings is 1. The van der Waals surface area contributed by atoms with Gasteiger partial charge in [-0.25, -0.2) is 0 Å². The molecule has 3 nitrogen and oxygen atoms in total. The summed E-state index contributed by atoms with van der Waals surface area (Å²) in [6, 6.07) is 10.7. The van der Waals surface area contributed by atoms with Crippen LogP contribution in [-0.4, -0.2) is 24.8 Å². The van der Waals surface area contributed by atoms with E-state index in [2.05, 4.69) is 35.2 Å². The molecular formula is C15H19NO2. The molecule has 2 heterocycles. The Morgan fingerprint density at radius 1 is 1.22 bits per heavy atom. The van der Waals surface area contributed by atoms with Gasteiger partial charge in [-0.05, 0) is 30.7 Å².